The average Bonchev–Trinajstić information content (AvgIpc) is 3.16. The molecule has 1 unspecified atom stereocenters. The summed E-state index contributed by atoms with van der Waals surface area (Å²) in [7, 11) is 1.56. The summed E-state index contributed by atoms with van der Waals surface area (Å²) in [6.07, 6.45) is 3.74. The van der Waals surface area contributed by atoms with Crippen LogP contribution in [-0.2, 0) is 9.53 Å². The number of nitrogens with zero attached hydrogens (tertiary/aromatic N) is 1. The standard InChI is InChI=1S/C26H26F2N4O5/c1-15(33)29-13-20-14-32(26(35)37-20)18-11-21(27)25(22(28)12-18)31-17-5-9-23(24(34)10-6-17)30-16-3-7-19(36-2)8-4-16/h3-12,20,24,30-31,34H,13-14H2,1-2H3,(H,29,33)/t20-,24?/m0/s1. The third kappa shape index (κ3) is 6.25. The third-order valence-electron chi connectivity index (χ3n) is 5.66. The molecule has 194 valence electrons. The van der Waals surface area contributed by atoms with E-state index in [-0.39, 0.29) is 24.7 Å². The molecule has 0 spiro atoms. The Hall–Kier alpha value is -4.38. The topological polar surface area (TPSA) is 112 Å². The van der Waals surface area contributed by atoms with Crippen LogP contribution < -0.4 is 25.6 Å². The van der Waals surface area contributed by atoms with Crippen LogP contribution in [-0.4, -0.2) is 49.5 Å². The van der Waals surface area contributed by atoms with Gasteiger partial charge in [0.05, 0.1) is 25.9 Å². The Morgan fingerprint density at radius 1 is 1.16 bits per heavy atom. The largest absolute Gasteiger partial charge is 0.497 e. The molecule has 2 atom stereocenters. The van der Waals surface area contributed by atoms with Crippen LogP contribution in [0.1, 0.15) is 6.92 Å². The van der Waals surface area contributed by atoms with Gasteiger partial charge >= 0.3 is 6.09 Å². The van der Waals surface area contributed by atoms with Gasteiger partial charge in [-0.25, -0.2) is 13.6 Å². The second kappa shape index (κ2) is 11.1. The first-order valence-corrected chi connectivity index (χ1v) is 11.4. The highest BCUT2D eigenvalue weighted by molar-refractivity contribution is 5.90. The molecule has 4 N–H and O–H groups in total. The molecule has 2 amide bonds. The fourth-order valence-electron chi connectivity index (χ4n) is 3.75. The third-order valence-corrected chi connectivity index (χ3v) is 5.66. The van der Waals surface area contributed by atoms with Crippen LogP contribution in [0.4, 0.5) is 30.6 Å². The van der Waals surface area contributed by atoms with Crippen LogP contribution in [0.2, 0.25) is 0 Å². The van der Waals surface area contributed by atoms with E-state index in [0.717, 1.165) is 22.7 Å². The molecule has 0 radical (unpaired) electrons. The number of halogens is 2. The molecule has 2 aliphatic rings. The second-order valence-corrected chi connectivity index (χ2v) is 8.36. The van der Waals surface area contributed by atoms with Gasteiger partial charge < -0.3 is 30.5 Å². The quantitative estimate of drug-likeness (QED) is 0.427. The number of aliphatic hydroxyl groups excluding tert-OH is 1. The summed E-state index contributed by atoms with van der Waals surface area (Å²) < 4.78 is 40.1. The van der Waals surface area contributed by atoms with Crippen LogP contribution in [0.5, 0.6) is 5.75 Å². The van der Waals surface area contributed by atoms with Gasteiger partial charge in [-0.05, 0) is 48.6 Å². The zero-order valence-corrected chi connectivity index (χ0v) is 20.1. The number of allylic oxidation sites excluding steroid dienone is 3. The minimum absolute atomic E-state index is 0.0115. The van der Waals surface area contributed by atoms with Crippen molar-refractivity contribution >= 4 is 29.1 Å². The van der Waals surface area contributed by atoms with E-state index in [4.69, 9.17) is 9.47 Å². The van der Waals surface area contributed by atoms with Gasteiger partial charge in [0, 0.05) is 36.1 Å². The van der Waals surface area contributed by atoms with E-state index in [2.05, 4.69) is 16.0 Å². The minimum Gasteiger partial charge on any atom is -0.497 e. The number of carbonyl (C=O) groups is 2. The number of rotatable bonds is 8. The highest BCUT2D eigenvalue weighted by Crippen LogP contribution is 2.30. The van der Waals surface area contributed by atoms with Gasteiger partial charge in [-0.2, -0.15) is 0 Å². The predicted molar refractivity (Wildman–Crippen MR) is 134 cm³/mol. The fourth-order valence-corrected chi connectivity index (χ4v) is 3.75. The molecule has 9 nitrogen and oxygen atoms in total. The first-order valence-electron chi connectivity index (χ1n) is 11.4. The van der Waals surface area contributed by atoms with E-state index in [1.807, 2.05) is 0 Å². The average molecular weight is 513 g/mol. The number of hydrogen-bond donors (Lipinski definition) is 4. The monoisotopic (exact) mass is 512 g/mol. The van der Waals surface area contributed by atoms with E-state index in [1.165, 1.54) is 19.1 Å². The van der Waals surface area contributed by atoms with Crippen molar-refractivity contribution in [3.8, 4) is 5.75 Å². The number of aliphatic hydroxyl groups is 1. The fraction of sp³-hybridized carbons (Fsp3) is 0.231. The summed E-state index contributed by atoms with van der Waals surface area (Å²) in [6.45, 7) is 1.46. The summed E-state index contributed by atoms with van der Waals surface area (Å²) in [5.41, 5.74) is 1.07. The van der Waals surface area contributed by atoms with Gasteiger partial charge in [0.2, 0.25) is 5.91 Å². The van der Waals surface area contributed by atoms with Gasteiger partial charge in [-0.1, -0.05) is 0 Å². The number of carbonyl (C=O) groups excluding carboxylic acids is 2. The van der Waals surface area contributed by atoms with Crippen molar-refractivity contribution in [1.29, 1.82) is 0 Å². The van der Waals surface area contributed by atoms with E-state index >= 15 is 0 Å². The Bertz CT molecular complexity index is 1250. The van der Waals surface area contributed by atoms with Crippen molar-refractivity contribution in [3.05, 3.63) is 83.7 Å². The lowest BCUT2D eigenvalue weighted by Gasteiger charge is -2.16. The molecular weight excluding hydrogens is 486 g/mol. The smallest absolute Gasteiger partial charge is 0.414 e. The maximum absolute atomic E-state index is 14.9. The second-order valence-electron chi connectivity index (χ2n) is 8.36. The normalized spacial score (nSPS) is 18.9. The lowest BCUT2D eigenvalue weighted by Crippen LogP contribution is -2.33. The molecule has 1 heterocycles. The van der Waals surface area contributed by atoms with Crippen LogP contribution in [0.3, 0.4) is 0 Å². The number of ether oxygens (including phenoxy) is 2. The zero-order chi connectivity index (χ0) is 26.5. The number of nitrogens with one attached hydrogen (secondary N) is 3. The Labute approximate surface area is 212 Å². The Kier molecular flexibility index (Phi) is 7.73. The number of hydrogen-bond acceptors (Lipinski definition) is 7. The number of anilines is 3. The van der Waals surface area contributed by atoms with E-state index in [1.54, 1.807) is 43.5 Å². The molecule has 0 bridgehead atoms. The lowest BCUT2D eigenvalue weighted by atomic mass is 10.2. The van der Waals surface area contributed by atoms with Gasteiger partial charge in [0.1, 0.15) is 23.6 Å². The molecule has 4 rings (SSSR count). The molecule has 1 saturated heterocycles. The molecule has 11 heteroatoms. The van der Waals surface area contributed by atoms with Crippen molar-refractivity contribution < 1.29 is 33.0 Å². The highest BCUT2D eigenvalue weighted by Gasteiger charge is 2.33. The molecule has 1 fully saturated rings. The molecule has 37 heavy (non-hydrogen) atoms. The number of cyclic esters (lactones) is 1. The first-order chi connectivity index (χ1) is 17.7. The van der Waals surface area contributed by atoms with E-state index < -0.39 is 35.6 Å². The summed E-state index contributed by atoms with van der Waals surface area (Å²) in [6, 6.07) is 9.16. The minimum atomic E-state index is -0.985. The maximum atomic E-state index is 14.9. The molecule has 1 aliphatic carbocycles. The summed E-state index contributed by atoms with van der Waals surface area (Å²) in [5, 5.41) is 18.8. The van der Waals surface area contributed by atoms with Gasteiger partial charge in [-0.3, -0.25) is 9.69 Å². The van der Waals surface area contributed by atoms with Crippen LogP contribution in [0.15, 0.2) is 72.1 Å². The predicted octanol–water partition coefficient (Wildman–Crippen LogP) is 3.66. The molecular formula is C26H26F2N4O5. The van der Waals surface area contributed by atoms with E-state index in [9.17, 15) is 23.5 Å². The Morgan fingerprint density at radius 2 is 1.86 bits per heavy atom. The summed E-state index contributed by atoms with van der Waals surface area (Å²) in [4.78, 5) is 24.4. The maximum Gasteiger partial charge on any atom is 0.414 e. The zero-order valence-electron chi connectivity index (χ0n) is 20.1. The molecule has 0 saturated carbocycles. The van der Waals surface area contributed by atoms with Gasteiger partial charge in [0.15, 0.2) is 11.6 Å². The van der Waals surface area contributed by atoms with Gasteiger partial charge in [-0.15, -0.1) is 0 Å². The van der Waals surface area contributed by atoms with Crippen LogP contribution in [0, 0.1) is 11.6 Å². The van der Waals surface area contributed by atoms with Crippen molar-refractivity contribution in [2.45, 2.75) is 19.1 Å². The number of methoxy groups -OCH3 is 1. The lowest BCUT2D eigenvalue weighted by molar-refractivity contribution is -0.119. The molecule has 2 aromatic rings. The van der Waals surface area contributed by atoms with E-state index in [0.29, 0.717) is 17.1 Å². The molecule has 2 aromatic carbocycles. The molecule has 0 aromatic heterocycles. The van der Waals surface area contributed by atoms with Crippen LogP contribution >= 0.6 is 0 Å². The first kappa shape index (κ1) is 25.7. The SMILES string of the molecule is COc1ccc(NC2=CC=C(Nc3c(F)cc(N4C[C@H](CNC(C)=O)OC4=O)cc3F)C=CC2O)cc1. The number of amides is 2. The molecule has 1 aliphatic heterocycles. The van der Waals surface area contributed by atoms with Crippen molar-refractivity contribution in [2.75, 3.05) is 35.7 Å². The number of benzene rings is 2. The van der Waals surface area contributed by atoms with Crippen molar-refractivity contribution in [3.63, 3.8) is 0 Å². The summed E-state index contributed by atoms with van der Waals surface area (Å²) >= 11 is 0. The van der Waals surface area contributed by atoms with Crippen molar-refractivity contribution in [2.24, 2.45) is 0 Å². The van der Waals surface area contributed by atoms with Crippen LogP contribution in [0.25, 0.3) is 0 Å². The van der Waals surface area contributed by atoms with Gasteiger partial charge in [0.25, 0.3) is 0 Å². The Balaban J connectivity index is 1.47. The summed E-state index contributed by atoms with van der Waals surface area (Å²) in [5.74, 6) is -1.44. The van der Waals surface area contributed by atoms with Crippen molar-refractivity contribution in [1.82, 2.24) is 5.32 Å². The Morgan fingerprint density at radius 3 is 2.51 bits per heavy atom. The highest BCUT2D eigenvalue weighted by atomic mass is 19.1.